The lowest BCUT2D eigenvalue weighted by atomic mass is 10.1. The van der Waals surface area contributed by atoms with Crippen molar-refractivity contribution in [1.82, 2.24) is 10.2 Å². The zero-order valence-corrected chi connectivity index (χ0v) is 16.8. The van der Waals surface area contributed by atoms with Gasteiger partial charge in [0.1, 0.15) is 5.58 Å². The van der Waals surface area contributed by atoms with Crippen LogP contribution in [-0.4, -0.2) is 10.2 Å². The van der Waals surface area contributed by atoms with E-state index in [-0.39, 0.29) is 5.63 Å². The van der Waals surface area contributed by atoms with Gasteiger partial charge in [0, 0.05) is 22.8 Å². The van der Waals surface area contributed by atoms with E-state index in [4.69, 9.17) is 8.83 Å². The Morgan fingerprint density at radius 1 is 0.964 bits per heavy atom. The number of aromatic nitrogens is 2. The predicted molar refractivity (Wildman–Crippen MR) is 111 cm³/mol. The maximum atomic E-state index is 11.9. The largest absolute Gasteiger partial charge is 0.423 e. The number of thioether (sulfide) groups is 1. The highest BCUT2D eigenvalue weighted by Gasteiger charge is 2.12. The fraction of sp³-hybridized carbons (Fsp3) is 0.227. The Morgan fingerprint density at radius 3 is 2.50 bits per heavy atom. The highest BCUT2D eigenvalue weighted by Crippen LogP contribution is 2.29. The minimum absolute atomic E-state index is 0.349. The van der Waals surface area contributed by atoms with Crippen LogP contribution in [-0.2, 0) is 12.2 Å². The Balaban J connectivity index is 1.58. The summed E-state index contributed by atoms with van der Waals surface area (Å²) in [5.74, 6) is 1.04. The molecule has 0 saturated heterocycles. The van der Waals surface area contributed by atoms with Crippen molar-refractivity contribution in [2.45, 2.75) is 38.2 Å². The molecular weight excluding hydrogens is 372 g/mol. The van der Waals surface area contributed by atoms with Gasteiger partial charge in [0.2, 0.25) is 5.89 Å². The van der Waals surface area contributed by atoms with E-state index >= 15 is 0 Å². The second-order valence-corrected chi connectivity index (χ2v) is 7.74. The van der Waals surface area contributed by atoms with Gasteiger partial charge in [-0.3, -0.25) is 0 Å². The second-order valence-electron chi connectivity index (χ2n) is 6.81. The van der Waals surface area contributed by atoms with Crippen molar-refractivity contribution in [3.8, 4) is 11.5 Å². The lowest BCUT2D eigenvalue weighted by molar-refractivity contribution is 0.465. The SMILES string of the molecule is CCc1ccc2c(CSc3nnc(-c4cc(C)cc(C)c4)o3)cc(=O)oc2c1. The molecule has 28 heavy (non-hydrogen) atoms. The van der Waals surface area contributed by atoms with Crippen LogP contribution in [0.5, 0.6) is 0 Å². The quantitative estimate of drug-likeness (QED) is 0.338. The monoisotopic (exact) mass is 392 g/mol. The third kappa shape index (κ3) is 3.87. The lowest BCUT2D eigenvalue weighted by Gasteiger charge is -2.05. The molecular formula is C22H20N2O3S. The summed E-state index contributed by atoms with van der Waals surface area (Å²) in [6, 6.07) is 13.7. The van der Waals surface area contributed by atoms with Gasteiger partial charge < -0.3 is 8.83 Å². The van der Waals surface area contributed by atoms with Crippen LogP contribution in [0, 0.1) is 13.8 Å². The van der Waals surface area contributed by atoms with Crippen LogP contribution in [0.25, 0.3) is 22.4 Å². The summed E-state index contributed by atoms with van der Waals surface area (Å²) in [5, 5.41) is 9.71. The Hall–Kier alpha value is -2.86. The zero-order chi connectivity index (χ0) is 19.7. The van der Waals surface area contributed by atoms with Crippen molar-refractivity contribution in [3.05, 3.63) is 75.1 Å². The third-order valence-corrected chi connectivity index (χ3v) is 5.40. The first-order valence-electron chi connectivity index (χ1n) is 9.12. The highest BCUT2D eigenvalue weighted by atomic mass is 32.2. The smallest absolute Gasteiger partial charge is 0.336 e. The van der Waals surface area contributed by atoms with Gasteiger partial charge in [-0.25, -0.2) is 4.79 Å². The number of hydrogen-bond donors (Lipinski definition) is 0. The number of hydrogen-bond acceptors (Lipinski definition) is 6. The molecule has 0 aliphatic heterocycles. The van der Waals surface area contributed by atoms with Crippen molar-refractivity contribution >= 4 is 22.7 Å². The molecule has 0 aliphatic rings. The molecule has 0 bridgehead atoms. The molecule has 4 aromatic rings. The Morgan fingerprint density at radius 2 is 1.75 bits per heavy atom. The van der Waals surface area contributed by atoms with Gasteiger partial charge in [-0.2, -0.15) is 0 Å². The summed E-state index contributed by atoms with van der Waals surface area (Å²) in [6.45, 7) is 6.15. The van der Waals surface area contributed by atoms with E-state index in [0.29, 0.717) is 22.4 Å². The maximum absolute atomic E-state index is 11.9. The molecule has 0 amide bonds. The summed E-state index contributed by atoms with van der Waals surface area (Å²) in [7, 11) is 0. The molecule has 0 spiro atoms. The van der Waals surface area contributed by atoms with Crippen molar-refractivity contribution in [3.63, 3.8) is 0 Å². The molecule has 142 valence electrons. The third-order valence-electron chi connectivity index (χ3n) is 4.53. The number of nitrogens with zero attached hydrogens (tertiary/aromatic N) is 2. The van der Waals surface area contributed by atoms with E-state index in [1.807, 2.05) is 38.1 Å². The molecule has 5 nitrogen and oxygen atoms in total. The van der Waals surface area contributed by atoms with Crippen LogP contribution in [0.2, 0.25) is 0 Å². The van der Waals surface area contributed by atoms with Gasteiger partial charge in [-0.05, 0) is 49.6 Å². The number of fused-ring (bicyclic) bond motifs is 1. The van der Waals surface area contributed by atoms with E-state index < -0.39 is 0 Å². The predicted octanol–water partition coefficient (Wildman–Crippen LogP) is 5.31. The minimum Gasteiger partial charge on any atom is -0.423 e. The lowest BCUT2D eigenvalue weighted by Crippen LogP contribution is -2.00. The van der Waals surface area contributed by atoms with Gasteiger partial charge in [0.15, 0.2) is 0 Å². The van der Waals surface area contributed by atoms with E-state index in [1.54, 1.807) is 0 Å². The summed E-state index contributed by atoms with van der Waals surface area (Å²) in [4.78, 5) is 11.9. The summed E-state index contributed by atoms with van der Waals surface area (Å²) < 4.78 is 11.2. The molecule has 0 fully saturated rings. The second kappa shape index (κ2) is 7.64. The molecule has 2 heterocycles. The van der Waals surface area contributed by atoms with Crippen molar-refractivity contribution < 1.29 is 8.83 Å². The molecule has 0 radical (unpaired) electrons. The van der Waals surface area contributed by atoms with Crippen LogP contribution < -0.4 is 5.63 Å². The fourth-order valence-electron chi connectivity index (χ4n) is 3.24. The standard InChI is InChI=1S/C22H20N2O3S/c1-4-15-5-6-18-17(11-20(25)26-19(18)10-15)12-28-22-24-23-21(27-22)16-8-13(2)7-14(3)9-16/h5-11H,4,12H2,1-3H3. The molecule has 2 aromatic heterocycles. The van der Waals surface area contributed by atoms with Crippen LogP contribution in [0.15, 0.2) is 61.3 Å². The number of aryl methyl sites for hydroxylation is 3. The molecule has 0 saturated carbocycles. The van der Waals surface area contributed by atoms with Crippen LogP contribution in [0.4, 0.5) is 0 Å². The topological polar surface area (TPSA) is 69.1 Å². The van der Waals surface area contributed by atoms with Gasteiger partial charge in [-0.15, -0.1) is 10.2 Å². The average molecular weight is 392 g/mol. The Labute approximate surface area is 166 Å². The van der Waals surface area contributed by atoms with Crippen LogP contribution >= 0.6 is 11.8 Å². The first-order chi connectivity index (χ1) is 13.5. The van der Waals surface area contributed by atoms with E-state index in [9.17, 15) is 4.79 Å². The normalized spacial score (nSPS) is 11.2. The Kier molecular flexibility index (Phi) is 5.05. The summed E-state index contributed by atoms with van der Waals surface area (Å²) >= 11 is 1.41. The molecule has 0 unspecified atom stereocenters. The molecule has 0 atom stereocenters. The van der Waals surface area contributed by atoms with Crippen LogP contribution in [0.1, 0.15) is 29.2 Å². The molecule has 2 aromatic carbocycles. The summed E-state index contributed by atoms with van der Waals surface area (Å²) in [5.41, 5.74) is 5.50. The van der Waals surface area contributed by atoms with E-state index in [2.05, 4.69) is 29.3 Å². The van der Waals surface area contributed by atoms with Gasteiger partial charge in [0.25, 0.3) is 5.22 Å². The number of benzene rings is 2. The highest BCUT2D eigenvalue weighted by molar-refractivity contribution is 7.98. The van der Waals surface area contributed by atoms with E-state index in [1.165, 1.54) is 17.8 Å². The van der Waals surface area contributed by atoms with E-state index in [0.717, 1.165) is 39.6 Å². The maximum Gasteiger partial charge on any atom is 0.336 e. The first-order valence-corrected chi connectivity index (χ1v) is 10.1. The number of rotatable bonds is 5. The minimum atomic E-state index is -0.349. The van der Waals surface area contributed by atoms with Gasteiger partial charge in [0.05, 0.1) is 0 Å². The first kappa shape index (κ1) is 18.5. The Bertz CT molecular complexity index is 1190. The van der Waals surface area contributed by atoms with Crippen molar-refractivity contribution in [2.24, 2.45) is 0 Å². The molecule has 0 N–H and O–H groups in total. The zero-order valence-electron chi connectivity index (χ0n) is 16.0. The fourth-order valence-corrected chi connectivity index (χ4v) is 3.99. The molecule has 0 aliphatic carbocycles. The molecule has 6 heteroatoms. The van der Waals surface area contributed by atoms with Crippen LogP contribution in [0.3, 0.4) is 0 Å². The van der Waals surface area contributed by atoms with Gasteiger partial charge >= 0.3 is 5.63 Å². The van der Waals surface area contributed by atoms with Gasteiger partial charge in [-0.1, -0.05) is 48.0 Å². The molecule has 4 rings (SSSR count). The summed E-state index contributed by atoms with van der Waals surface area (Å²) in [6.07, 6.45) is 0.891. The van der Waals surface area contributed by atoms with Crippen molar-refractivity contribution in [2.75, 3.05) is 0 Å². The average Bonchev–Trinajstić information content (AvgIpc) is 3.13. The van der Waals surface area contributed by atoms with Crippen molar-refractivity contribution in [1.29, 1.82) is 0 Å².